The van der Waals surface area contributed by atoms with Crippen LogP contribution in [0.1, 0.15) is 348 Å². The van der Waals surface area contributed by atoms with Crippen LogP contribution in [0.3, 0.4) is 0 Å². The van der Waals surface area contributed by atoms with Gasteiger partial charge >= 0.3 is 17.9 Å². The smallest absolute Gasteiger partial charge is 0.306 e. The molecule has 74 heavy (non-hydrogen) atoms. The quantitative estimate of drug-likeness (QED) is 0.0261. The molecule has 0 spiro atoms. The Bertz CT molecular complexity index is 1280. The van der Waals surface area contributed by atoms with E-state index in [0.29, 0.717) is 19.3 Å². The highest BCUT2D eigenvalue weighted by atomic mass is 16.6. The summed E-state index contributed by atoms with van der Waals surface area (Å²) in [6.45, 7) is 6.67. The van der Waals surface area contributed by atoms with Crippen molar-refractivity contribution in [2.45, 2.75) is 354 Å². The maximum Gasteiger partial charge on any atom is 0.306 e. The van der Waals surface area contributed by atoms with Crippen LogP contribution in [0, 0.1) is 0 Å². The SMILES string of the molecule is CCCCCCC/C=C\C/C=C\C/C=C\CCCCCCCCCCC(=O)OCC(COC(=O)CCCCCCCCCCCCCCCCCC)OC(=O)CCCCCCCCC/C=C\CCCCCCCC. The van der Waals surface area contributed by atoms with E-state index in [9.17, 15) is 14.4 Å². The van der Waals surface area contributed by atoms with E-state index in [1.54, 1.807) is 0 Å². The molecular weight excluding hydrogens is 913 g/mol. The predicted molar refractivity (Wildman–Crippen MR) is 321 cm³/mol. The fourth-order valence-electron chi connectivity index (χ4n) is 9.62. The number of carbonyl (C=O) groups excluding carboxylic acids is 3. The minimum absolute atomic E-state index is 0.0734. The van der Waals surface area contributed by atoms with Gasteiger partial charge in [0.25, 0.3) is 0 Å². The molecule has 0 saturated heterocycles. The first-order valence-electron chi connectivity index (χ1n) is 32.6. The van der Waals surface area contributed by atoms with Gasteiger partial charge in [-0.25, -0.2) is 0 Å². The first kappa shape index (κ1) is 71.4. The lowest BCUT2D eigenvalue weighted by Crippen LogP contribution is -2.30. The highest BCUT2D eigenvalue weighted by molar-refractivity contribution is 5.71. The molecule has 6 nitrogen and oxygen atoms in total. The summed E-state index contributed by atoms with van der Waals surface area (Å²) in [5.74, 6) is -0.863. The first-order chi connectivity index (χ1) is 36.5. The van der Waals surface area contributed by atoms with Crippen LogP contribution in [0.15, 0.2) is 48.6 Å². The second-order valence-corrected chi connectivity index (χ2v) is 22.0. The van der Waals surface area contributed by atoms with Gasteiger partial charge in [0.2, 0.25) is 0 Å². The van der Waals surface area contributed by atoms with Gasteiger partial charge in [0, 0.05) is 19.3 Å². The number of carbonyl (C=O) groups is 3. The largest absolute Gasteiger partial charge is 0.462 e. The van der Waals surface area contributed by atoms with Gasteiger partial charge in [0.15, 0.2) is 6.10 Å². The lowest BCUT2D eigenvalue weighted by Gasteiger charge is -2.18. The molecule has 0 radical (unpaired) electrons. The summed E-state index contributed by atoms with van der Waals surface area (Å²) in [5.41, 5.74) is 0. The molecule has 0 bridgehead atoms. The summed E-state index contributed by atoms with van der Waals surface area (Å²) in [4.78, 5) is 38.3. The Labute approximate surface area is 460 Å². The molecule has 432 valence electrons. The van der Waals surface area contributed by atoms with Crippen LogP contribution in [-0.4, -0.2) is 37.2 Å². The predicted octanol–water partition coefficient (Wildman–Crippen LogP) is 22.2. The third kappa shape index (κ3) is 60.2. The second kappa shape index (κ2) is 62.9. The molecule has 0 aromatic heterocycles. The monoisotopic (exact) mass is 1040 g/mol. The van der Waals surface area contributed by atoms with E-state index < -0.39 is 6.10 Å². The van der Waals surface area contributed by atoms with Crippen LogP contribution in [-0.2, 0) is 28.6 Å². The number of hydrogen-bond donors (Lipinski definition) is 0. The highest BCUT2D eigenvalue weighted by Crippen LogP contribution is 2.17. The minimum atomic E-state index is -0.777. The van der Waals surface area contributed by atoms with Crippen molar-refractivity contribution in [2.24, 2.45) is 0 Å². The zero-order valence-electron chi connectivity index (χ0n) is 49.6. The number of unbranched alkanes of at least 4 members (excludes halogenated alkanes) is 41. The Morgan fingerprint density at radius 2 is 0.486 bits per heavy atom. The van der Waals surface area contributed by atoms with Gasteiger partial charge in [0.05, 0.1) is 0 Å². The topological polar surface area (TPSA) is 78.9 Å². The van der Waals surface area contributed by atoms with Crippen molar-refractivity contribution < 1.29 is 28.6 Å². The fraction of sp³-hybridized carbons (Fsp3) is 0.838. The van der Waals surface area contributed by atoms with E-state index in [4.69, 9.17) is 14.2 Å². The number of rotatable bonds is 60. The molecule has 0 aromatic rings. The van der Waals surface area contributed by atoms with Crippen molar-refractivity contribution in [3.8, 4) is 0 Å². The highest BCUT2D eigenvalue weighted by Gasteiger charge is 2.19. The van der Waals surface area contributed by atoms with Crippen molar-refractivity contribution in [1.29, 1.82) is 0 Å². The number of hydrogen-bond acceptors (Lipinski definition) is 6. The maximum absolute atomic E-state index is 12.9. The van der Waals surface area contributed by atoms with Gasteiger partial charge in [-0.1, -0.05) is 294 Å². The summed E-state index contributed by atoms with van der Waals surface area (Å²) >= 11 is 0. The van der Waals surface area contributed by atoms with Crippen molar-refractivity contribution in [3.63, 3.8) is 0 Å². The normalized spacial score (nSPS) is 12.3. The summed E-state index contributed by atoms with van der Waals surface area (Å²) in [6, 6.07) is 0. The van der Waals surface area contributed by atoms with Gasteiger partial charge in [-0.3, -0.25) is 14.4 Å². The third-order valence-corrected chi connectivity index (χ3v) is 14.6. The second-order valence-electron chi connectivity index (χ2n) is 22.0. The van der Waals surface area contributed by atoms with Crippen LogP contribution < -0.4 is 0 Å². The van der Waals surface area contributed by atoms with E-state index in [-0.39, 0.29) is 31.1 Å². The van der Waals surface area contributed by atoms with Crippen molar-refractivity contribution in [3.05, 3.63) is 48.6 Å². The van der Waals surface area contributed by atoms with Crippen molar-refractivity contribution in [1.82, 2.24) is 0 Å². The Hall–Kier alpha value is -2.63. The summed E-state index contributed by atoms with van der Waals surface area (Å²) in [7, 11) is 0. The Kier molecular flexibility index (Phi) is 60.7. The molecule has 0 aromatic carbocycles. The van der Waals surface area contributed by atoms with Crippen LogP contribution in [0.5, 0.6) is 0 Å². The zero-order valence-corrected chi connectivity index (χ0v) is 49.6. The van der Waals surface area contributed by atoms with E-state index in [1.807, 2.05) is 0 Å². The maximum atomic E-state index is 12.9. The summed E-state index contributed by atoms with van der Waals surface area (Å²) in [5, 5.41) is 0. The van der Waals surface area contributed by atoms with Gasteiger partial charge in [-0.2, -0.15) is 0 Å². The molecule has 0 aliphatic carbocycles. The van der Waals surface area contributed by atoms with Crippen LogP contribution in [0.2, 0.25) is 0 Å². The molecule has 0 saturated carbocycles. The van der Waals surface area contributed by atoms with Crippen molar-refractivity contribution >= 4 is 17.9 Å². The molecule has 6 heteroatoms. The summed E-state index contributed by atoms with van der Waals surface area (Å²) in [6.07, 6.45) is 78.2. The average molecular weight is 1040 g/mol. The number of allylic oxidation sites excluding steroid dienone is 8. The molecule has 0 heterocycles. The van der Waals surface area contributed by atoms with Crippen LogP contribution in [0.25, 0.3) is 0 Å². The standard InChI is InChI=1S/C68H124O6/c1-4-7-10-13-16-19-22-25-28-31-32-33-34-35-36-38-40-43-46-49-52-55-58-61-67(70)73-64-65(63-72-66(69)60-57-54-51-48-45-42-39-30-27-24-21-18-15-12-9-6-3)74-68(71)62-59-56-53-50-47-44-41-37-29-26-23-20-17-14-11-8-5-2/h22,25-26,29,31-32,34-35,65H,4-21,23-24,27-28,30,33,36-64H2,1-3H3/b25-22-,29-26-,32-31-,35-34-. The number of ether oxygens (including phenoxy) is 3. The Morgan fingerprint density at radius 3 is 0.770 bits per heavy atom. The Morgan fingerprint density at radius 1 is 0.270 bits per heavy atom. The molecule has 0 fully saturated rings. The molecule has 0 N–H and O–H groups in total. The molecule has 1 unspecified atom stereocenters. The van der Waals surface area contributed by atoms with Gasteiger partial charge in [0.1, 0.15) is 13.2 Å². The molecule has 0 aliphatic heterocycles. The van der Waals surface area contributed by atoms with E-state index in [0.717, 1.165) is 77.0 Å². The minimum Gasteiger partial charge on any atom is -0.462 e. The molecular formula is C68H124O6. The lowest BCUT2D eigenvalue weighted by molar-refractivity contribution is -0.167. The Balaban J connectivity index is 4.34. The van der Waals surface area contributed by atoms with Gasteiger partial charge < -0.3 is 14.2 Å². The lowest BCUT2D eigenvalue weighted by atomic mass is 10.0. The molecule has 0 aliphatic rings. The third-order valence-electron chi connectivity index (χ3n) is 14.6. The average Bonchev–Trinajstić information content (AvgIpc) is 3.40. The summed E-state index contributed by atoms with van der Waals surface area (Å²) < 4.78 is 17.0. The van der Waals surface area contributed by atoms with Crippen LogP contribution in [0.4, 0.5) is 0 Å². The van der Waals surface area contributed by atoms with Gasteiger partial charge in [-0.15, -0.1) is 0 Å². The van der Waals surface area contributed by atoms with E-state index in [1.165, 1.54) is 231 Å². The van der Waals surface area contributed by atoms with Crippen LogP contribution >= 0.6 is 0 Å². The zero-order chi connectivity index (χ0) is 53.6. The first-order valence-corrected chi connectivity index (χ1v) is 32.6. The van der Waals surface area contributed by atoms with Crippen molar-refractivity contribution in [2.75, 3.05) is 13.2 Å². The van der Waals surface area contributed by atoms with E-state index in [2.05, 4.69) is 69.4 Å². The number of esters is 3. The fourth-order valence-corrected chi connectivity index (χ4v) is 9.62. The molecule has 0 rings (SSSR count). The van der Waals surface area contributed by atoms with E-state index >= 15 is 0 Å². The molecule has 0 amide bonds. The molecule has 1 atom stereocenters. The van der Waals surface area contributed by atoms with Gasteiger partial charge in [-0.05, 0) is 83.5 Å².